The number of carbonyl (C=O) groups excluding carboxylic acids is 1. The third kappa shape index (κ3) is 3.95. The van der Waals surface area contributed by atoms with Crippen LogP contribution in [0.1, 0.15) is 25.0 Å². The van der Waals surface area contributed by atoms with Crippen molar-refractivity contribution in [3.8, 4) is 0 Å². The monoisotopic (exact) mass is 268 g/mol. The molecule has 1 rings (SSSR count). The number of hydrogen-bond donors (Lipinski definition) is 0. The minimum absolute atomic E-state index is 0.281. The van der Waals surface area contributed by atoms with Crippen LogP contribution in [-0.2, 0) is 20.3 Å². The molecule has 1 aromatic rings. The molecule has 0 aliphatic rings. The maximum Gasteiger partial charge on any atom is 0.309 e. The van der Waals surface area contributed by atoms with E-state index in [1.165, 1.54) is 0 Å². The molecule has 0 bridgehead atoms. The van der Waals surface area contributed by atoms with Crippen molar-refractivity contribution in [2.75, 3.05) is 12.4 Å². The van der Waals surface area contributed by atoms with E-state index >= 15 is 0 Å². The summed E-state index contributed by atoms with van der Waals surface area (Å²) < 4.78 is 17.2. The quantitative estimate of drug-likeness (QED) is 0.771. The fraction of sp³-hybridized carbons (Fsp3) is 0.500. The minimum Gasteiger partial charge on any atom is -0.466 e. The lowest BCUT2D eigenvalue weighted by atomic mass is 10.2. The van der Waals surface area contributed by atoms with Crippen LogP contribution >= 0.6 is 0 Å². The Bertz CT molecular complexity index is 454. The molecule has 0 saturated heterocycles. The zero-order valence-corrected chi connectivity index (χ0v) is 12.2. The number of aryl methyl sites for hydroxylation is 2. The van der Waals surface area contributed by atoms with Gasteiger partial charge in [0.25, 0.3) is 0 Å². The maximum atomic E-state index is 12.2. The van der Waals surface area contributed by atoms with E-state index in [-0.39, 0.29) is 11.9 Å². The van der Waals surface area contributed by atoms with Gasteiger partial charge in [-0.1, -0.05) is 19.1 Å². The van der Waals surface area contributed by atoms with Crippen LogP contribution in [0.4, 0.5) is 0 Å². The number of carbonyl (C=O) groups is 1. The fourth-order valence-electron chi connectivity index (χ4n) is 1.62. The van der Waals surface area contributed by atoms with Crippen LogP contribution in [0.5, 0.6) is 0 Å². The third-order valence-electron chi connectivity index (χ3n) is 2.68. The first-order chi connectivity index (χ1) is 8.45. The number of rotatable bonds is 5. The Balaban J connectivity index is 2.76. The Morgan fingerprint density at radius 2 is 2.06 bits per heavy atom. The summed E-state index contributed by atoms with van der Waals surface area (Å²) in [6.07, 6.45) is 0. The molecule has 4 heteroatoms. The van der Waals surface area contributed by atoms with Gasteiger partial charge in [-0.2, -0.15) is 0 Å². The van der Waals surface area contributed by atoms with E-state index in [1.54, 1.807) is 13.8 Å². The molecule has 2 atom stereocenters. The minimum atomic E-state index is -1.16. The summed E-state index contributed by atoms with van der Waals surface area (Å²) in [5.74, 6) is -0.315. The average molecular weight is 268 g/mol. The van der Waals surface area contributed by atoms with Gasteiger partial charge < -0.3 is 4.74 Å². The van der Waals surface area contributed by atoms with Gasteiger partial charge in [0, 0.05) is 10.6 Å². The molecule has 100 valence electrons. The predicted octanol–water partition coefficient (Wildman–Crippen LogP) is 2.61. The van der Waals surface area contributed by atoms with Gasteiger partial charge in [-0.15, -0.1) is 0 Å². The largest absolute Gasteiger partial charge is 0.466 e. The van der Waals surface area contributed by atoms with Crippen LogP contribution in [0.3, 0.4) is 0 Å². The molecular weight excluding hydrogens is 248 g/mol. The van der Waals surface area contributed by atoms with Crippen molar-refractivity contribution in [2.45, 2.75) is 32.6 Å². The van der Waals surface area contributed by atoms with Crippen LogP contribution in [-0.4, -0.2) is 22.5 Å². The maximum absolute atomic E-state index is 12.2. The van der Waals surface area contributed by atoms with E-state index in [9.17, 15) is 9.00 Å². The van der Waals surface area contributed by atoms with E-state index in [4.69, 9.17) is 4.74 Å². The van der Waals surface area contributed by atoms with Crippen LogP contribution < -0.4 is 0 Å². The van der Waals surface area contributed by atoms with Crippen LogP contribution in [0, 0.1) is 19.8 Å². The average Bonchev–Trinajstić information content (AvgIpc) is 2.32. The summed E-state index contributed by atoms with van der Waals surface area (Å²) in [7, 11) is -1.16. The summed E-state index contributed by atoms with van der Waals surface area (Å²) in [5, 5.41) is 0. The summed E-state index contributed by atoms with van der Waals surface area (Å²) in [5.41, 5.74) is 2.07. The first-order valence-corrected chi connectivity index (χ1v) is 7.39. The van der Waals surface area contributed by atoms with E-state index in [0.29, 0.717) is 12.4 Å². The first-order valence-electron chi connectivity index (χ1n) is 6.08. The Labute approximate surface area is 111 Å². The topological polar surface area (TPSA) is 43.4 Å². The lowest BCUT2D eigenvalue weighted by molar-refractivity contribution is -0.146. The van der Waals surface area contributed by atoms with Gasteiger partial charge in [0.15, 0.2) is 0 Å². The highest BCUT2D eigenvalue weighted by atomic mass is 32.2. The molecular formula is C14H20O3S. The van der Waals surface area contributed by atoms with Crippen LogP contribution in [0.25, 0.3) is 0 Å². The lowest BCUT2D eigenvalue weighted by Crippen LogP contribution is -2.21. The molecule has 0 aromatic heterocycles. The van der Waals surface area contributed by atoms with Crippen molar-refractivity contribution in [3.63, 3.8) is 0 Å². The Kier molecular flexibility index (Phi) is 5.54. The van der Waals surface area contributed by atoms with Gasteiger partial charge in [-0.3, -0.25) is 9.00 Å². The smallest absolute Gasteiger partial charge is 0.309 e. The second-order valence-corrected chi connectivity index (χ2v) is 5.90. The van der Waals surface area contributed by atoms with Gasteiger partial charge in [-0.25, -0.2) is 0 Å². The molecule has 0 fully saturated rings. The van der Waals surface area contributed by atoms with Crippen LogP contribution in [0.2, 0.25) is 0 Å². The van der Waals surface area contributed by atoms with Crippen LogP contribution in [0.15, 0.2) is 23.1 Å². The van der Waals surface area contributed by atoms with E-state index in [2.05, 4.69) is 0 Å². The summed E-state index contributed by atoms with van der Waals surface area (Å²) in [4.78, 5) is 12.3. The molecule has 0 N–H and O–H groups in total. The molecule has 0 aliphatic carbocycles. The second kappa shape index (κ2) is 6.69. The van der Waals surface area contributed by atoms with E-state index in [1.807, 2.05) is 32.0 Å². The molecule has 0 saturated carbocycles. The summed E-state index contributed by atoms with van der Waals surface area (Å²) in [6, 6.07) is 5.87. The third-order valence-corrected chi connectivity index (χ3v) is 4.41. The highest BCUT2D eigenvalue weighted by molar-refractivity contribution is 7.85. The fourth-order valence-corrected chi connectivity index (χ4v) is 3.14. The number of ether oxygens (including phenoxy) is 1. The van der Waals surface area contributed by atoms with Crippen molar-refractivity contribution in [2.24, 2.45) is 5.92 Å². The summed E-state index contributed by atoms with van der Waals surface area (Å²) in [6.45, 7) is 7.78. The van der Waals surface area contributed by atoms with E-state index in [0.717, 1.165) is 16.0 Å². The van der Waals surface area contributed by atoms with Gasteiger partial charge in [0.1, 0.15) is 0 Å². The SMILES string of the molecule is CCOC(=O)C(C)CS(=O)c1cc(C)ccc1C. The van der Waals surface area contributed by atoms with Crippen molar-refractivity contribution in [1.29, 1.82) is 0 Å². The number of hydrogen-bond acceptors (Lipinski definition) is 3. The van der Waals surface area contributed by atoms with Crippen molar-refractivity contribution in [3.05, 3.63) is 29.3 Å². The van der Waals surface area contributed by atoms with Crippen molar-refractivity contribution < 1.29 is 13.7 Å². The van der Waals surface area contributed by atoms with Crippen molar-refractivity contribution in [1.82, 2.24) is 0 Å². The molecule has 0 aliphatic heterocycles. The normalized spacial score (nSPS) is 14.0. The zero-order chi connectivity index (χ0) is 13.7. The zero-order valence-electron chi connectivity index (χ0n) is 11.4. The number of esters is 1. The van der Waals surface area contributed by atoms with Gasteiger partial charge in [0.05, 0.1) is 23.3 Å². The second-order valence-electron chi connectivity index (χ2n) is 4.43. The van der Waals surface area contributed by atoms with Gasteiger partial charge in [0.2, 0.25) is 0 Å². The Morgan fingerprint density at radius 3 is 2.67 bits per heavy atom. The predicted molar refractivity (Wildman–Crippen MR) is 73.0 cm³/mol. The standard InChI is InChI=1S/C14H20O3S/c1-5-17-14(15)12(4)9-18(16)13-8-10(2)6-7-11(13)3/h6-8,12H,5,9H2,1-4H3. The van der Waals surface area contributed by atoms with Gasteiger partial charge >= 0.3 is 5.97 Å². The Hall–Kier alpha value is -1.16. The summed E-state index contributed by atoms with van der Waals surface area (Å²) >= 11 is 0. The highest BCUT2D eigenvalue weighted by Gasteiger charge is 2.19. The first kappa shape index (κ1) is 14.9. The molecule has 0 amide bonds. The molecule has 1 aromatic carbocycles. The number of benzene rings is 1. The molecule has 18 heavy (non-hydrogen) atoms. The molecule has 3 nitrogen and oxygen atoms in total. The molecule has 0 spiro atoms. The highest BCUT2D eigenvalue weighted by Crippen LogP contribution is 2.17. The van der Waals surface area contributed by atoms with E-state index < -0.39 is 10.8 Å². The Morgan fingerprint density at radius 1 is 1.39 bits per heavy atom. The molecule has 0 heterocycles. The molecule has 2 unspecified atom stereocenters. The van der Waals surface area contributed by atoms with Gasteiger partial charge in [-0.05, 0) is 38.0 Å². The lowest BCUT2D eigenvalue weighted by Gasteiger charge is -2.12. The molecule has 0 radical (unpaired) electrons. The van der Waals surface area contributed by atoms with Crippen molar-refractivity contribution >= 4 is 16.8 Å².